The Hall–Kier alpha value is -4.54. The van der Waals surface area contributed by atoms with Crippen LogP contribution in [0.15, 0.2) is 65.3 Å². The van der Waals surface area contributed by atoms with Gasteiger partial charge in [-0.05, 0) is 80.4 Å². The fraction of sp³-hybridized carbons (Fsp3) is 0.333. The van der Waals surface area contributed by atoms with Crippen molar-refractivity contribution in [3.63, 3.8) is 0 Å². The standard InChI is InChI=1S/C27H31N7O4/c1-18-6-11-22(38-18)25-30-32-34(31-25)17-23(35)33(16-19-7-9-21(37-5)10-8-19)24(20-12-14-28-15-13-20)26(36)29-27(2,3)4/h6-15,24H,16-17H2,1-5H3,(H,29,36)/t24-/m0/s1. The maximum absolute atomic E-state index is 13.8. The molecular weight excluding hydrogens is 486 g/mol. The van der Waals surface area contributed by atoms with E-state index in [1.807, 2.05) is 52.0 Å². The zero-order chi connectivity index (χ0) is 27.3. The minimum Gasteiger partial charge on any atom is -0.497 e. The van der Waals surface area contributed by atoms with Gasteiger partial charge in [-0.2, -0.15) is 4.80 Å². The number of carbonyl (C=O) groups excluding carboxylic acids is 2. The number of nitrogens with one attached hydrogen (secondary N) is 1. The third-order valence-electron chi connectivity index (χ3n) is 5.60. The summed E-state index contributed by atoms with van der Waals surface area (Å²) < 4.78 is 10.8. The van der Waals surface area contributed by atoms with E-state index < -0.39 is 11.6 Å². The maximum atomic E-state index is 13.8. The largest absolute Gasteiger partial charge is 0.497 e. The van der Waals surface area contributed by atoms with Crippen molar-refractivity contribution in [2.24, 2.45) is 0 Å². The number of hydrogen-bond donors (Lipinski definition) is 1. The van der Waals surface area contributed by atoms with Crippen LogP contribution in [0.4, 0.5) is 0 Å². The molecule has 198 valence electrons. The van der Waals surface area contributed by atoms with E-state index in [0.29, 0.717) is 22.8 Å². The smallest absolute Gasteiger partial charge is 0.247 e. The van der Waals surface area contributed by atoms with Crippen molar-refractivity contribution >= 4 is 11.8 Å². The van der Waals surface area contributed by atoms with Crippen molar-refractivity contribution in [2.75, 3.05) is 7.11 Å². The van der Waals surface area contributed by atoms with Crippen LogP contribution in [0.3, 0.4) is 0 Å². The number of tetrazole rings is 1. The van der Waals surface area contributed by atoms with Gasteiger partial charge in [-0.25, -0.2) is 0 Å². The number of pyridine rings is 1. The van der Waals surface area contributed by atoms with Crippen LogP contribution >= 0.6 is 0 Å². The second-order valence-corrected chi connectivity index (χ2v) is 9.85. The molecule has 4 aromatic rings. The van der Waals surface area contributed by atoms with E-state index in [9.17, 15) is 9.59 Å². The molecule has 1 aromatic carbocycles. The zero-order valence-electron chi connectivity index (χ0n) is 22.1. The highest BCUT2D eigenvalue weighted by molar-refractivity contribution is 5.89. The Bertz CT molecular complexity index is 1370. The van der Waals surface area contributed by atoms with E-state index in [2.05, 4.69) is 25.7 Å². The number of ether oxygens (including phenoxy) is 1. The normalized spacial score (nSPS) is 12.1. The number of methoxy groups -OCH3 is 1. The minimum atomic E-state index is -0.928. The second-order valence-electron chi connectivity index (χ2n) is 9.85. The molecule has 0 saturated heterocycles. The summed E-state index contributed by atoms with van der Waals surface area (Å²) in [4.78, 5) is 34.2. The highest BCUT2D eigenvalue weighted by atomic mass is 16.5. The molecule has 0 fully saturated rings. The van der Waals surface area contributed by atoms with Crippen LogP contribution in [0, 0.1) is 6.92 Å². The molecule has 38 heavy (non-hydrogen) atoms. The maximum Gasteiger partial charge on any atom is 0.247 e. The van der Waals surface area contributed by atoms with Gasteiger partial charge in [-0.1, -0.05) is 12.1 Å². The first-order chi connectivity index (χ1) is 18.1. The molecule has 0 spiro atoms. The molecule has 0 aliphatic rings. The number of aryl methyl sites for hydroxylation is 1. The van der Waals surface area contributed by atoms with E-state index in [0.717, 1.165) is 5.56 Å². The molecule has 3 aromatic heterocycles. The van der Waals surface area contributed by atoms with Crippen LogP contribution in [0.25, 0.3) is 11.6 Å². The fourth-order valence-corrected chi connectivity index (χ4v) is 3.88. The Morgan fingerprint density at radius 2 is 1.79 bits per heavy atom. The first kappa shape index (κ1) is 26.5. The molecule has 0 aliphatic heterocycles. The highest BCUT2D eigenvalue weighted by Crippen LogP contribution is 2.26. The number of carbonyl (C=O) groups is 2. The van der Waals surface area contributed by atoms with Crippen molar-refractivity contribution in [2.45, 2.75) is 52.4 Å². The Labute approximate surface area is 220 Å². The second kappa shape index (κ2) is 11.2. The molecule has 4 rings (SSSR count). The molecule has 1 N–H and O–H groups in total. The van der Waals surface area contributed by atoms with Gasteiger partial charge in [0.15, 0.2) is 5.76 Å². The van der Waals surface area contributed by atoms with E-state index in [1.54, 1.807) is 43.8 Å². The van der Waals surface area contributed by atoms with E-state index in [1.165, 1.54) is 9.70 Å². The van der Waals surface area contributed by atoms with Crippen LogP contribution in [0.5, 0.6) is 5.75 Å². The average Bonchev–Trinajstić information content (AvgIpc) is 3.52. The number of nitrogens with zero attached hydrogens (tertiary/aromatic N) is 6. The summed E-state index contributed by atoms with van der Waals surface area (Å²) in [5, 5.41) is 15.4. The third kappa shape index (κ3) is 6.61. The van der Waals surface area contributed by atoms with Crippen molar-refractivity contribution in [3.8, 4) is 17.3 Å². The summed E-state index contributed by atoms with van der Waals surface area (Å²) in [6.45, 7) is 7.42. The van der Waals surface area contributed by atoms with Crippen molar-refractivity contribution in [1.82, 2.24) is 35.4 Å². The fourth-order valence-electron chi connectivity index (χ4n) is 3.88. The number of furan rings is 1. The number of rotatable bonds is 9. The van der Waals surface area contributed by atoms with Crippen LogP contribution in [0.2, 0.25) is 0 Å². The summed E-state index contributed by atoms with van der Waals surface area (Å²) in [6, 6.07) is 13.4. The van der Waals surface area contributed by atoms with Crippen LogP contribution < -0.4 is 10.1 Å². The van der Waals surface area contributed by atoms with Crippen molar-refractivity contribution in [1.29, 1.82) is 0 Å². The topological polar surface area (TPSA) is 128 Å². The van der Waals surface area contributed by atoms with Crippen LogP contribution in [-0.4, -0.2) is 54.6 Å². The summed E-state index contributed by atoms with van der Waals surface area (Å²) in [5.41, 5.74) is 0.933. The first-order valence-electron chi connectivity index (χ1n) is 12.1. The number of benzene rings is 1. The van der Waals surface area contributed by atoms with Gasteiger partial charge in [0, 0.05) is 24.5 Å². The Morgan fingerprint density at radius 3 is 2.39 bits per heavy atom. The Morgan fingerprint density at radius 1 is 1.08 bits per heavy atom. The molecule has 0 bridgehead atoms. The molecule has 11 heteroatoms. The van der Waals surface area contributed by atoms with Crippen molar-refractivity contribution in [3.05, 3.63) is 77.8 Å². The van der Waals surface area contributed by atoms with Gasteiger partial charge in [0.2, 0.25) is 17.6 Å². The van der Waals surface area contributed by atoms with Crippen molar-refractivity contribution < 1.29 is 18.7 Å². The van der Waals surface area contributed by atoms with E-state index >= 15 is 0 Å². The first-order valence-corrected chi connectivity index (χ1v) is 12.1. The molecule has 3 heterocycles. The van der Waals surface area contributed by atoms with Gasteiger partial charge in [0.05, 0.1) is 7.11 Å². The summed E-state index contributed by atoms with van der Waals surface area (Å²) >= 11 is 0. The number of hydrogen-bond acceptors (Lipinski definition) is 8. The Balaban J connectivity index is 1.68. The van der Waals surface area contributed by atoms with Gasteiger partial charge < -0.3 is 19.4 Å². The number of amides is 2. The molecular formula is C27H31N7O4. The lowest BCUT2D eigenvalue weighted by Crippen LogP contribution is -2.49. The third-order valence-corrected chi connectivity index (χ3v) is 5.60. The molecule has 0 unspecified atom stereocenters. The molecule has 0 saturated carbocycles. The summed E-state index contributed by atoms with van der Waals surface area (Å²) in [6.07, 6.45) is 3.19. The van der Waals surface area contributed by atoms with Crippen LogP contribution in [0.1, 0.15) is 43.7 Å². The highest BCUT2D eigenvalue weighted by Gasteiger charge is 2.34. The molecule has 11 nitrogen and oxygen atoms in total. The van der Waals surface area contributed by atoms with Gasteiger partial charge in [0.1, 0.15) is 24.1 Å². The number of aromatic nitrogens is 5. The summed E-state index contributed by atoms with van der Waals surface area (Å²) in [5.74, 6) is 1.44. The lowest BCUT2D eigenvalue weighted by Gasteiger charge is -2.33. The molecule has 0 radical (unpaired) electrons. The molecule has 2 amide bonds. The quantitative estimate of drug-likeness (QED) is 0.358. The van der Waals surface area contributed by atoms with E-state index in [4.69, 9.17) is 9.15 Å². The van der Waals surface area contributed by atoms with E-state index in [-0.39, 0.29) is 30.7 Å². The zero-order valence-corrected chi connectivity index (χ0v) is 22.1. The minimum absolute atomic E-state index is 0.159. The van der Waals surface area contributed by atoms with Crippen LogP contribution in [-0.2, 0) is 22.7 Å². The van der Waals surface area contributed by atoms with Gasteiger partial charge in [-0.15, -0.1) is 10.2 Å². The van der Waals surface area contributed by atoms with Gasteiger partial charge >= 0.3 is 0 Å². The summed E-state index contributed by atoms with van der Waals surface area (Å²) in [7, 11) is 1.59. The average molecular weight is 518 g/mol. The lowest BCUT2D eigenvalue weighted by molar-refractivity contribution is -0.143. The molecule has 1 atom stereocenters. The van der Waals surface area contributed by atoms with Gasteiger partial charge in [0.25, 0.3) is 0 Å². The molecule has 0 aliphatic carbocycles. The lowest BCUT2D eigenvalue weighted by atomic mass is 10.0. The SMILES string of the molecule is COc1ccc(CN(C(=O)Cn2nnc(-c3ccc(C)o3)n2)[C@H](C(=O)NC(C)(C)C)c2ccncc2)cc1. The monoisotopic (exact) mass is 517 g/mol. The predicted octanol–water partition coefficient (Wildman–Crippen LogP) is 3.33. The predicted molar refractivity (Wildman–Crippen MR) is 139 cm³/mol. The Kier molecular flexibility index (Phi) is 7.85. The van der Waals surface area contributed by atoms with Gasteiger partial charge in [-0.3, -0.25) is 14.6 Å².